The van der Waals surface area contributed by atoms with E-state index in [1.54, 1.807) is 0 Å². The Hall–Kier alpha value is -1.47. The first-order valence-electron chi connectivity index (χ1n) is 7.10. The Kier molecular flexibility index (Phi) is 6.13. The van der Waals surface area contributed by atoms with Crippen LogP contribution in [0.25, 0.3) is 0 Å². The second-order valence-electron chi connectivity index (χ2n) is 4.96. The standard InChI is InChI=1S/C14H20N2O4S/c1-19-13(18)6-2-4-10-9-21-14(15-10)16-12(17)8-11-5-3-7-20-11/h9,11H,2-8H2,1H3,(H,15,16,17). The second kappa shape index (κ2) is 8.09. The molecule has 2 heterocycles. The first kappa shape index (κ1) is 15.9. The Morgan fingerprint density at radius 3 is 3.14 bits per heavy atom. The lowest BCUT2D eigenvalue weighted by Crippen LogP contribution is -2.19. The van der Waals surface area contributed by atoms with Crippen molar-refractivity contribution in [1.29, 1.82) is 0 Å². The first-order valence-corrected chi connectivity index (χ1v) is 7.98. The summed E-state index contributed by atoms with van der Waals surface area (Å²) in [5, 5.41) is 5.30. The van der Waals surface area contributed by atoms with Gasteiger partial charge in [0.1, 0.15) is 0 Å². The van der Waals surface area contributed by atoms with Crippen LogP contribution in [0.5, 0.6) is 0 Å². The molecule has 1 aliphatic rings. The third-order valence-electron chi connectivity index (χ3n) is 3.28. The molecule has 0 aliphatic carbocycles. The van der Waals surface area contributed by atoms with Gasteiger partial charge in [-0.2, -0.15) is 0 Å². The molecule has 1 unspecified atom stereocenters. The van der Waals surface area contributed by atoms with Crippen LogP contribution in [0.3, 0.4) is 0 Å². The predicted octanol–water partition coefficient (Wildman–Crippen LogP) is 2.15. The number of anilines is 1. The highest BCUT2D eigenvalue weighted by Gasteiger charge is 2.19. The summed E-state index contributed by atoms with van der Waals surface area (Å²) in [6.07, 6.45) is 4.19. The number of nitrogens with one attached hydrogen (secondary N) is 1. The summed E-state index contributed by atoms with van der Waals surface area (Å²) in [4.78, 5) is 27.2. The molecule has 2 rings (SSSR count). The molecule has 116 valence electrons. The van der Waals surface area contributed by atoms with Gasteiger partial charge in [0, 0.05) is 18.4 Å². The fourth-order valence-electron chi connectivity index (χ4n) is 2.18. The number of thiazole rings is 1. The monoisotopic (exact) mass is 312 g/mol. The maximum absolute atomic E-state index is 11.8. The lowest BCUT2D eigenvalue weighted by atomic mass is 10.2. The number of rotatable bonds is 7. The highest BCUT2D eigenvalue weighted by atomic mass is 32.1. The maximum Gasteiger partial charge on any atom is 0.305 e. The zero-order valence-electron chi connectivity index (χ0n) is 12.1. The molecule has 1 amide bonds. The first-order chi connectivity index (χ1) is 10.2. The molecule has 1 atom stereocenters. The van der Waals surface area contributed by atoms with Crippen molar-refractivity contribution in [3.8, 4) is 0 Å². The summed E-state index contributed by atoms with van der Waals surface area (Å²) in [6, 6.07) is 0. The number of methoxy groups -OCH3 is 1. The molecule has 0 radical (unpaired) electrons. The summed E-state index contributed by atoms with van der Waals surface area (Å²) in [5.41, 5.74) is 0.885. The van der Waals surface area contributed by atoms with Crippen molar-refractivity contribution in [2.45, 2.75) is 44.6 Å². The van der Waals surface area contributed by atoms with Crippen LogP contribution in [0, 0.1) is 0 Å². The Morgan fingerprint density at radius 2 is 2.43 bits per heavy atom. The van der Waals surface area contributed by atoms with E-state index in [1.807, 2.05) is 5.38 Å². The predicted molar refractivity (Wildman–Crippen MR) is 79.3 cm³/mol. The van der Waals surface area contributed by atoms with Gasteiger partial charge in [-0.3, -0.25) is 9.59 Å². The Balaban J connectivity index is 1.71. The summed E-state index contributed by atoms with van der Waals surface area (Å²) in [6.45, 7) is 0.750. The molecule has 0 spiro atoms. The van der Waals surface area contributed by atoms with E-state index in [4.69, 9.17) is 4.74 Å². The molecular formula is C14H20N2O4S. The van der Waals surface area contributed by atoms with E-state index in [0.29, 0.717) is 30.8 Å². The molecule has 0 saturated carbocycles. The number of hydrogen-bond acceptors (Lipinski definition) is 6. The normalized spacial score (nSPS) is 17.7. The summed E-state index contributed by atoms with van der Waals surface area (Å²) >= 11 is 1.40. The number of carbonyl (C=O) groups is 2. The minimum Gasteiger partial charge on any atom is -0.469 e. The largest absolute Gasteiger partial charge is 0.469 e. The Labute approximate surface area is 127 Å². The number of nitrogens with zero attached hydrogens (tertiary/aromatic N) is 1. The number of carbonyl (C=O) groups excluding carboxylic acids is 2. The second-order valence-corrected chi connectivity index (χ2v) is 5.82. The quantitative estimate of drug-likeness (QED) is 0.781. The van der Waals surface area contributed by atoms with Gasteiger partial charge in [0.15, 0.2) is 5.13 Å². The molecule has 1 saturated heterocycles. The third-order valence-corrected chi connectivity index (χ3v) is 4.08. The number of aryl methyl sites for hydroxylation is 1. The van der Waals surface area contributed by atoms with Gasteiger partial charge >= 0.3 is 5.97 Å². The summed E-state index contributed by atoms with van der Waals surface area (Å²) < 4.78 is 10.0. The van der Waals surface area contributed by atoms with E-state index >= 15 is 0 Å². The highest BCUT2D eigenvalue weighted by molar-refractivity contribution is 7.13. The topological polar surface area (TPSA) is 77.5 Å². The zero-order valence-corrected chi connectivity index (χ0v) is 12.9. The zero-order chi connectivity index (χ0) is 15.1. The van der Waals surface area contributed by atoms with Gasteiger partial charge in [-0.25, -0.2) is 4.98 Å². The van der Waals surface area contributed by atoms with Gasteiger partial charge in [-0.05, 0) is 25.7 Å². The molecule has 1 N–H and O–H groups in total. The minimum atomic E-state index is -0.213. The molecule has 7 heteroatoms. The number of ether oxygens (including phenoxy) is 2. The van der Waals surface area contributed by atoms with Crippen molar-refractivity contribution >= 4 is 28.3 Å². The van der Waals surface area contributed by atoms with E-state index in [2.05, 4.69) is 15.0 Å². The van der Waals surface area contributed by atoms with Gasteiger partial charge in [0.05, 0.1) is 25.3 Å². The molecule has 1 fully saturated rings. The van der Waals surface area contributed by atoms with Crippen LogP contribution in [-0.2, 0) is 25.5 Å². The van der Waals surface area contributed by atoms with Gasteiger partial charge in [-0.1, -0.05) is 0 Å². The highest BCUT2D eigenvalue weighted by Crippen LogP contribution is 2.19. The molecule has 1 aromatic heterocycles. The average molecular weight is 312 g/mol. The van der Waals surface area contributed by atoms with Crippen molar-refractivity contribution in [1.82, 2.24) is 4.98 Å². The average Bonchev–Trinajstić information content (AvgIpc) is 3.10. The van der Waals surface area contributed by atoms with Crippen molar-refractivity contribution in [2.24, 2.45) is 0 Å². The van der Waals surface area contributed by atoms with Crippen LogP contribution in [0.15, 0.2) is 5.38 Å². The van der Waals surface area contributed by atoms with Gasteiger partial charge in [0.25, 0.3) is 0 Å². The smallest absolute Gasteiger partial charge is 0.305 e. The maximum atomic E-state index is 11.8. The van der Waals surface area contributed by atoms with E-state index < -0.39 is 0 Å². The summed E-state index contributed by atoms with van der Waals surface area (Å²) in [7, 11) is 1.38. The molecular weight excluding hydrogens is 292 g/mol. The van der Waals surface area contributed by atoms with Crippen LogP contribution >= 0.6 is 11.3 Å². The van der Waals surface area contributed by atoms with Gasteiger partial charge in [-0.15, -0.1) is 11.3 Å². The van der Waals surface area contributed by atoms with E-state index in [-0.39, 0.29) is 18.0 Å². The van der Waals surface area contributed by atoms with E-state index in [1.165, 1.54) is 18.4 Å². The van der Waals surface area contributed by atoms with Crippen LogP contribution < -0.4 is 5.32 Å². The number of hydrogen-bond donors (Lipinski definition) is 1. The van der Waals surface area contributed by atoms with Crippen LogP contribution in [0.4, 0.5) is 5.13 Å². The molecule has 6 nitrogen and oxygen atoms in total. The summed E-state index contributed by atoms with van der Waals surface area (Å²) in [5.74, 6) is -0.271. The molecule has 0 aromatic carbocycles. The SMILES string of the molecule is COC(=O)CCCc1csc(NC(=O)CC2CCCO2)n1. The Bertz CT molecular complexity index is 483. The fourth-order valence-corrected chi connectivity index (χ4v) is 2.94. The van der Waals surface area contributed by atoms with Crippen molar-refractivity contribution in [3.05, 3.63) is 11.1 Å². The fraction of sp³-hybridized carbons (Fsp3) is 0.643. The van der Waals surface area contributed by atoms with Crippen molar-refractivity contribution in [2.75, 3.05) is 19.0 Å². The van der Waals surface area contributed by atoms with Crippen LogP contribution in [-0.4, -0.2) is 36.7 Å². The van der Waals surface area contributed by atoms with Crippen molar-refractivity contribution < 1.29 is 19.1 Å². The number of esters is 1. The van der Waals surface area contributed by atoms with Gasteiger partial charge in [0.2, 0.25) is 5.91 Å². The van der Waals surface area contributed by atoms with Crippen LogP contribution in [0.1, 0.15) is 37.8 Å². The van der Waals surface area contributed by atoms with E-state index in [9.17, 15) is 9.59 Å². The Morgan fingerprint density at radius 1 is 1.57 bits per heavy atom. The lowest BCUT2D eigenvalue weighted by molar-refractivity contribution is -0.140. The van der Waals surface area contributed by atoms with E-state index in [0.717, 1.165) is 25.1 Å². The molecule has 1 aliphatic heterocycles. The van der Waals surface area contributed by atoms with Crippen LogP contribution in [0.2, 0.25) is 0 Å². The molecule has 21 heavy (non-hydrogen) atoms. The van der Waals surface area contributed by atoms with Crippen molar-refractivity contribution in [3.63, 3.8) is 0 Å². The minimum absolute atomic E-state index is 0.0458. The molecule has 0 bridgehead atoms. The molecule has 1 aromatic rings. The number of aromatic nitrogens is 1. The lowest BCUT2D eigenvalue weighted by Gasteiger charge is -2.07. The van der Waals surface area contributed by atoms with Gasteiger partial charge < -0.3 is 14.8 Å². The third kappa shape index (κ3) is 5.43. The number of amides is 1.